The minimum atomic E-state index is -0.541. The zero-order chi connectivity index (χ0) is 10.5. The SMILES string of the molecule is FC(CC1CCCCN1)C1CCCCC1. The van der Waals surface area contributed by atoms with E-state index in [2.05, 4.69) is 5.32 Å². The van der Waals surface area contributed by atoms with Crippen LogP contribution in [0.2, 0.25) is 0 Å². The van der Waals surface area contributed by atoms with Crippen molar-refractivity contribution in [2.24, 2.45) is 5.92 Å². The molecule has 88 valence electrons. The monoisotopic (exact) mass is 213 g/mol. The van der Waals surface area contributed by atoms with Crippen molar-refractivity contribution in [3.05, 3.63) is 0 Å². The Bertz CT molecular complexity index is 171. The molecular weight excluding hydrogens is 189 g/mol. The molecule has 15 heavy (non-hydrogen) atoms. The topological polar surface area (TPSA) is 12.0 Å². The maximum atomic E-state index is 14.0. The highest BCUT2D eigenvalue weighted by Gasteiger charge is 2.26. The summed E-state index contributed by atoms with van der Waals surface area (Å²) in [6.45, 7) is 1.10. The molecule has 2 aliphatic rings. The van der Waals surface area contributed by atoms with Crippen molar-refractivity contribution >= 4 is 0 Å². The summed E-state index contributed by atoms with van der Waals surface area (Å²) in [7, 11) is 0. The molecule has 0 aromatic heterocycles. The molecule has 0 aromatic rings. The Morgan fingerprint density at radius 3 is 2.40 bits per heavy atom. The van der Waals surface area contributed by atoms with Crippen molar-refractivity contribution in [2.75, 3.05) is 6.54 Å². The fourth-order valence-corrected chi connectivity index (χ4v) is 3.09. The summed E-state index contributed by atoms with van der Waals surface area (Å²) in [4.78, 5) is 0. The summed E-state index contributed by atoms with van der Waals surface area (Å²) < 4.78 is 14.0. The van der Waals surface area contributed by atoms with Crippen molar-refractivity contribution < 1.29 is 4.39 Å². The van der Waals surface area contributed by atoms with Gasteiger partial charge in [-0.1, -0.05) is 25.7 Å². The molecule has 1 aliphatic heterocycles. The summed E-state index contributed by atoms with van der Waals surface area (Å²) in [5.74, 6) is 0.377. The van der Waals surface area contributed by atoms with Crippen molar-refractivity contribution in [1.82, 2.24) is 5.32 Å². The van der Waals surface area contributed by atoms with Gasteiger partial charge in [-0.25, -0.2) is 4.39 Å². The Morgan fingerprint density at radius 1 is 1.00 bits per heavy atom. The van der Waals surface area contributed by atoms with Crippen LogP contribution in [0.15, 0.2) is 0 Å². The Balaban J connectivity index is 1.72. The minimum absolute atomic E-state index is 0.377. The lowest BCUT2D eigenvalue weighted by atomic mass is 9.83. The predicted octanol–water partition coefficient (Wildman–Crippen LogP) is 3.44. The Labute approximate surface area is 92.8 Å². The van der Waals surface area contributed by atoms with E-state index in [4.69, 9.17) is 0 Å². The van der Waals surface area contributed by atoms with Gasteiger partial charge in [0.25, 0.3) is 0 Å². The first kappa shape index (κ1) is 11.4. The van der Waals surface area contributed by atoms with E-state index in [0.29, 0.717) is 12.0 Å². The van der Waals surface area contributed by atoms with Crippen LogP contribution in [0.1, 0.15) is 57.8 Å². The number of nitrogens with one attached hydrogen (secondary N) is 1. The number of halogens is 1. The van der Waals surface area contributed by atoms with Gasteiger partial charge in [-0.05, 0) is 44.6 Å². The quantitative estimate of drug-likeness (QED) is 0.757. The molecule has 1 nitrogen and oxygen atoms in total. The highest BCUT2D eigenvalue weighted by molar-refractivity contribution is 4.80. The fourth-order valence-electron chi connectivity index (χ4n) is 3.09. The largest absolute Gasteiger partial charge is 0.314 e. The summed E-state index contributed by atoms with van der Waals surface area (Å²) in [5.41, 5.74) is 0. The van der Waals surface area contributed by atoms with Crippen LogP contribution in [0.25, 0.3) is 0 Å². The second kappa shape index (κ2) is 5.83. The minimum Gasteiger partial charge on any atom is -0.314 e. The smallest absolute Gasteiger partial charge is 0.104 e. The van der Waals surface area contributed by atoms with Gasteiger partial charge >= 0.3 is 0 Å². The van der Waals surface area contributed by atoms with E-state index in [9.17, 15) is 4.39 Å². The van der Waals surface area contributed by atoms with E-state index in [1.807, 2.05) is 0 Å². The van der Waals surface area contributed by atoms with Crippen LogP contribution in [0.5, 0.6) is 0 Å². The fraction of sp³-hybridized carbons (Fsp3) is 1.00. The van der Waals surface area contributed by atoms with Crippen LogP contribution in [-0.4, -0.2) is 18.8 Å². The molecule has 1 N–H and O–H groups in total. The van der Waals surface area contributed by atoms with Crippen molar-refractivity contribution in [1.29, 1.82) is 0 Å². The summed E-state index contributed by atoms with van der Waals surface area (Å²) in [6, 6.07) is 0.468. The van der Waals surface area contributed by atoms with Crippen LogP contribution in [-0.2, 0) is 0 Å². The lowest BCUT2D eigenvalue weighted by Crippen LogP contribution is -2.37. The van der Waals surface area contributed by atoms with Gasteiger partial charge in [-0.2, -0.15) is 0 Å². The molecule has 1 saturated carbocycles. The van der Waals surface area contributed by atoms with Gasteiger partial charge in [-0.15, -0.1) is 0 Å². The number of hydrogen-bond donors (Lipinski definition) is 1. The van der Waals surface area contributed by atoms with Gasteiger partial charge in [0.05, 0.1) is 0 Å². The number of rotatable bonds is 3. The third-order valence-electron chi connectivity index (χ3n) is 4.08. The molecule has 2 atom stereocenters. The predicted molar refractivity (Wildman–Crippen MR) is 61.7 cm³/mol. The van der Waals surface area contributed by atoms with Gasteiger partial charge in [-0.3, -0.25) is 0 Å². The molecule has 0 bridgehead atoms. The third-order valence-corrected chi connectivity index (χ3v) is 4.08. The molecule has 1 saturated heterocycles. The Hall–Kier alpha value is -0.110. The Kier molecular flexibility index (Phi) is 4.42. The van der Waals surface area contributed by atoms with Crippen molar-refractivity contribution in [3.8, 4) is 0 Å². The summed E-state index contributed by atoms with van der Waals surface area (Å²) >= 11 is 0. The first-order chi connectivity index (χ1) is 7.36. The zero-order valence-electron chi connectivity index (χ0n) is 9.68. The number of alkyl halides is 1. The molecular formula is C13H24FN. The zero-order valence-corrected chi connectivity index (χ0v) is 9.68. The van der Waals surface area contributed by atoms with Gasteiger partial charge in [0.2, 0.25) is 0 Å². The first-order valence-corrected chi connectivity index (χ1v) is 6.74. The lowest BCUT2D eigenvalue weighted by molar-refractivity contribution is 0.150. The van der Waals surface area contributed by atoms with Gasteiger partial charge in [0.1, 0.15) is 6.17 Å². The number of hydrogen-bond acceptors (Lipinski definition) is 1. The molecule has 1 heterocycles. The standard InChI is InChI=1S/C13H24FN/c14-13(11-6-2-1-3-7-11)10-12-8-4-5-9-15-12/h11-13,15H,1-10H2. The summed E-state index contributed by atoms with van der Waals surface area (Å²) in [6.07, 6.45) is 10.1. The van der Waals surface area contributed by atoms with Crippen LogP contribution >= 0.6 is 0 Å². The van der Waals surface area contributed by atoms with E-state index in [-0.39, 0.29) is 0 Å². The van der Waals surface area contributed by atoms with Crippen molar-refractivity contribution in [2.45, 2.75) is 70.0 Å². The average molecular weight is 213 g/mol. The van der Waals surface area contributed by atoms with Crippen LogP contribution in [0.3, 0.4) is 0 Å². The van der Waals surface area contributed by atoms with Gasteiger partial charge < -0.3 is 5.32 Å². The second-order valence-corrected chi connectivity index (χ2v) is 5.30. The van der Waals surface area contributed by atoms with Crippen LogP contribution < -0.4 is 5.32 Å². The highest BCUT2D eigenvalue weighted by Crippen LogP contribution is 2.30. The van der Waals surface area contributed by atoms with E-state index in [1.165, 1.54) is 38.5 Å². The maximum absolute atomic E-state index is 14.0. The average Bonchev–Trinajstić information content (AvgIpc) is 2.31. The molecule has 2 fully saturated rings. The van der Waals surface area contributed by atoms with Gasteiger partial charge in [0.15, 0.2) is 0 Å². The van der Waals surface area contributed by atoms with E-state index < -0.39 is 6.17 Å². The third kappa shape index (κ3) is 3.44. The molecule has 0 amide bonds. The highest BCUT2D eigenvalue weighted by atomic mass is 19.1. The molecule has 2 unspecified atom stereocenters. The lowest BCUT2D eigenvalue weighted by Gasteiger charge is -2.30. The normalized spacial score (nSPS) is 31.4. The maximum Gasteiger partial charge on any atom is 0.104 e. The van der Waals surface area contributed by atoms with Crippen molar-refractivity contribution in [3.63, 3.8) is 0 Å². The number of piperidine rings is 1. The molecule has 0 radical (unpaired) electrons. The molecule has 0 aromatic carbocycles. The van der Waals surface area contributed by atoms with E-state index >= 15 is 0 Å². The first-order valence-electron chi connectivity index (χ1n) is 6.74. The molecule has 0 spiro atoms. The van der Waals surface area contributed by atoms with E-state index in [1.54, 1.807) is 0 Å². The van der Waals surface area contributed by atoms with Gasteiger partial charge in [0, 0.05) is 6.04 Å². The second-order valence-electron chi connectivity index (χ2n) is 5.30. The molecule has 1 aliphatic carbocycles. The Morgan fingerprint density at radius 2 is 1.73 bits per heavy atom. The van der Waals surface area contributed by atoms with Crippen LogP contribution in [0, 0.1) is 5.92 Å². The molecule has 2 rings (SSSR count). The molecule has 2 heteroatoms. The summed E-state index contributed by atoms with van der Waals surface area (Å²) in [5, 5.41) is 3.45. The van der Waals surface area contributed by atoms with Crippen LogP contribution in [0.4, 0.5) is 4.39 Å². The van der Waals surface area contributed by atoms with E-state index in [0.717, 1.165) is 25.8 Å².